The van der Waals surface area contributed by atoms with Gasteiger partial charge < -0.3 is 5.11 Å². The van der Waals surface area contributed by atoms with Crippen LogP contribution in [0.2, 0.25) is 0 Å². The van der Waals surface area contributed by atoms with E-state index in [0.717, 1.165) is 11.1 Å². The zero-order valence-electron chi connectivity index (χ0n) is 13.5. The molecule has 3 rings (SSSR count). The lowest BCUT2D eigenvalue weighted by Gasteiger charge is -2.13. The Morgan fingerprint density at radius 2 is 1.36 bits per heavy atom. The second-order valence-electron chi connectivity index (χ2n) is 5.57. The largest absolute Gasteiger partial charge is 0.508 e. The molecule has 4 heteroatoms. The third-order valence-electron chi connectivity index (χ3n) is 3.84. The van der Waals surface area contributed by atoms with Gasteiger partial charge in [0.1, 0.15) is 5.75 Å². The molecule has 0 aliphatic heterocycles. The number of nitrogens with one attached hydrogen (secondary N) is 1. The van der Waals surface area contributed by atoms with Gasteiger partial charge in [-0.1, -0.05) is 60.7 Å². The van der Waals surface area contributed by atoms with Gasteiger partial charge in [0.05, 0.1) is 0 Å². The monoisotopic (exact) mass is 330 g/mol. The van der Waals surface area contributed by atoms with E-state index in [1.165, 1.54) is 12.1 Å². The van der Waals surface area contributed by atoms with Crippen LogP contribution in [0.15, 0.2) is 90.0 Å². The first-order chi connectivity index (χ1) is 12.2. The fraction of sp³-hybridized carbons (Fsp3) is 0.0476. The number of benzene rings is 3. The Morgan fingerprint density at radius 1 is 0.840 bits per heavy atom. The Morgan fingerprint density at radius 3 is 1.88 bits per heavy atom. The molecule has 4 nitrogen and oxygen atoms in total. The van der Waals surface area contributed by atoms with Crippen molar-refractivity contribution in [3.05, 3.63) is 102 Å². The summed E-state index contributed by atoms with van der Waals surface area (Å²) >= 11 is 0. The molecule has 0 spiro atoms. The van der Waals surface area contributed by atoms with Crippen LogP contribution in [0.5, 0.6) is 5.75 Å². The standard InChI is InChI=1S/C21H18N2O2/c24-19-13-11-18(12-14-19)21(25)23-22-15-20(16-7-3-1-4-8-16)17-9-5-2-6-10-17/h1-15,20,24H,(H,23,25)/b22-15+. The maximum absolute atomic E-state index is 12.1. The highest BCUT2D eigenvalue weighted by Crippen LogP contribution is 2.22. The Balaban J connectivity index is 1.77. The van der Waals surface area contributed by atoms with Crippen LogP contribution >= 0.6 is 0 Å². The topological polar surface area (TPSA) is 61.7 Å². The number of aromatic hydroxyl groups is 1. The molecule has 0 heterocycles. The molecule has 1 amide bonds. The SMILES string of the molecule is O=C(N/N=C/C(c1ccccc1)c1ccccc1)c1ccc(O)cc1. The van der Waals surface area contributed by atoms with Crippen LogP contribution in [0.25, 0.3) is 0 Å². The number of carbonyl (C=O) groups is 1. The first-order valence-corrected chi connectivity index (χ1v) is 7.96. The van der Waals surface area contributed by atoms with E-state index < -0.39 is 0 Å². The van der Waals surface area contributed by atoms with Crippen LogP contribution in [-0.4, -0.2) is 17.2 Å². The first kappa shape index (κ1) is 16.5. The lowest BCUT2D eigenvalue weighted by atomic mass is 9.92. The van der Waals surface area contributed by atoms with Gasteiger partial charge in [0.25, 0.3) is 5.91 Å². The average molecular weight is 330 g/mol. The van der Waals surface area contributed by atoms with Gasteiger partial charge in [-0.25, -0.2) is 5.43 Å². The number of hydrazone groups is 1. The van der Waals surface area contributed by atoms with Gasteiger partial charge in [0.15, 0.2) is 0 Å². The van der Waals surface area contributed by atoms with Crippen LogP contribution in [0.3, 0.4) is 0 Å². The molecule has 0 radical (unpaired) electrons. The van der Waals surface area contributed by atoms with Gasteiger partial charge in [0.2, 0.25) is 0 Å². The molecule has 0 bridgehead atoms. The van der Waals surface area contributed by atoms with E-state index in [1.807, 2.05) is 60.7 Å². The molecule has 0 unspecified atom stereocenters. The first-order valence-electron chi connectivity index (χ1n) is 7.96. The Hall–Kier alpha value is -3.40. The minimum Gasteiger partial charge on any atom is -0.508 e. The zero-order chi connectivity index (χ0) is 17.5. The normalized spacial score (nSPS) is 10.9. The molecular formula is C21H18N2O2. The number of rotatable bonds is 5. The molecule has 3 aromatic carbocycles. The number of phenolic OH excluding ortho intramolecular Hbond substituents is 1. The van der Waals surface area contributed by atoms with Crippen molar-refractivity contribution in [2.75, 3.05) is 0 Å². The minimum atomic E-state index is -0.323. The van der Waals surface area contributed by atoms with Gasteiger partial charge in [0, 0.05) is 17.7 Å². The number of hydrogen-bond donors (Lipinski definition) is 2. The van der Waals surface area contributed by atoms with Crippen molar-refractivity contribution in [2.24, 2.45) is 5.10 Å². The summed E-state index contributed by atoms with van der Waals surface area (Å²) in [5.41, 5.74) is 5.16. The fourth-order valence-electron chi connectivity index (χ4n) is 2.53. The number of amides is 1. The second kappa shape index (κ2) is 7.93. The Bertz CT molecular complexity index is 805. The van der Waals surface area contributed by atoms with Gasteiger partial charge in [-0.3, -0.25) is 4.79 Å². The maximum Gasteiger partial charge on any atom is 0.271 e. The summed E-state index contributed by atoms with van der Waals surface area (Å²) in [6.45, 7) is 0. The van der Waals surface area contributed by atoms with Crippen molar-refractivity contribution in [3.63, 3.8) is 0 Å². The molecule has 2 N–H and O–H groups in total. The van der Waals surface area contributed by atoms with E-state index in [1.54, 1.807) is 18.3 Å². The quantitative estimate of drug-likeness (QED) is 0.550. The molecule has 0 atom stereocenters. The van der Waals surface area contributed by atoms with Gasteiger partial charge in [-0.2, -0.15) is 5.10 Å². The lowest BCUT2D eigenvalue weighted by Crippen LogP contribution is -2.18. The Labute approximate surface area is 146 Å². The molecule has 0 fully saturated rings. The van der Waals surface area contributed by atoms with E-state index in [9.17, 15) is 9.90 Å². The number of carbonyl (C=O) groups excluding carboxylic acids is 1. The number of phenols is 1. The highest BCUT2D eigenvalue weighted by atomic mass is 16.3. The number of hydrogen-bond acceptors (Lipinski definition) is 3. The molecule has 0 aliphatic carbocycles. The molecule has 0 saturated carbocycles. The molecule has 124 valence electrons. The van der Waals surface area contributed by atoms with E-state index in [-0.39, 0.29) is 17.6 Å². The van der Waals surface area contributed by atoms with Gasteiger partial charge >= 0.3 is 0 Å². The third-order valence-corrected chi connectivity index (χ3v) is 3.84. The van der Waals surface area contributed by atoms with E-state index in [2.05, 4.69) is 10.5 Å². The van der Waals surface area contributed by atoms with E-state index in [0.29, 0.717) is 5.56 Å². The average Bonchev–Trinajstić information content (AvgIpc) is 2.67. The smallest absolute Gasteiger partial charge is 0.271 e. The van der Waals surface area contributed by atoms with Crippen molar-refractivity contribution in [1.29, 1.82) is 0 Å². The van der Waals surface area contributed by atoms with Crippen molar-refractivity contribution >= 4 is 12.1 Å². The molecule has 3 aromatic rings. The van der Waals surface area contributed by atoms with Crippen LogP contribution in [0.1, 0.15) is 27.4 Å². The predicted octanol–water partition coefficient (Wildman–Crippen LogP) is 3.94. The third kappa shape index (κ3) is 4.32. The molecular weight excluding hydrogens is 312 g/mol. The van der Waals surface area contributed by atoms with Gasteiger partial charge in [-0.15, -0.1) is 0 Å². The maximum atomic E-state index is 12.1. The molecule has 25 heavy (non-hydrogen) atoms. The summed E-state index contributed by atoms with van der Waals surface area (Å²) in [5.74, 6) is -0.257. The summed E-state index contributed by atoms with van der Waals surface area (Å²) in [7, 11) is 0. The Kier molecular flexibility index (Phi) is 5.22. The van der Waals surface area contributed by atoms with Crippen molar-refractivity contribution in [2.45, 2.75) is 5.92 Å². The van der Waals surface area contributed by atoms with Crippen molar-refractivity contribution in [3.8, 4) is 5.75 Å². The van der Waals surface area contributed by atoms with Crippen LogP contribution in [0.4, 0.5) is 0 Å². The zero-order valence-corrected chi connectivity index (χ0v) is 13.5. The van der Waals surface area contributed by atoms with E-state index >= 15 is 0 Å². The molecule has 0 aromatic heterocycles. The highest BCUT2D eigenvalue weighted by molar-refractivity contribution is 5.94. The lowest BCUT2D eigenvalue weighted by molar-refractivity contribution is 0.0955. The minimum absolute atomic E-state index is 0.0532. The van der Waals surface area contributed by atoms with Crippen LogP contribution < -0.4 is 5.43 Å². The summed E-state index contributed by atoms with van der Waals surface area (Å²) in [6, 6.07) is 26.0. The van der Waals surface area contributed by atoms with Gasteiger partial charge in [-0.05, 0) is 35.4 Å². The highest BCUT2D eigenvalue weighted by Gasteiger charge is 2.11. The van der Waals surface area contributed by atoms with Crippen molar-refractivity contribution < 1.29 is 9.90 Å². The summed E-state index contributed by atoms with van der Waals surface area (Å²) in [6.07, 6.45) is 1.73. The second-order valence-corrected chi connectivity index (χ2v) is 5.57. The van der Waals surface area contributed by atoms with Crippen LogP contribution in [-0.2, 0) is 0 Å². The van der Waals surface area contributed by atoms with Crippen molar-refractivity contribution in [1.82, 2.24) is 5.43 Å². The summed E-state index contributed by atoms with van der Waals surface area (Å²) in [5, 5.41) is 13.4. The fourth-order valence-corrected chi connectivity index (χ4v) is 2.53. The predicted molar refractivity (Wildman–Crippen MR) is 98.8 cm³/mol. The molecule has 0 aliphatic rings. The summed E-state index contributed by atoms with van der Waals surface area (Å²) in [4.78, 5) is 12.1. The molecule has 0 saturated heterocycles. The van der Waals surface area contributed by atoms with Crippen LogP contribution in [0, 0.1) is 0 Å². The van der Waals surface area contributed by atoms with E-state index in [4.69, 9.17) is 0 Å². The summed E-state index contributed by atoms with van der Waals surface area (Å²) < 4.78 is 0. The number of nitrogens with zero attached hydrogens (tertiary/aromatic N) is 1.